The van der Waals surface area contributed by atoms with Crippen molar-refractivity contribution in [1.82, 2.24) is 0 Å². The molecule has 2 nitrogen and oxygen atoms in total. The van der Waals surface area contributed by atoms with Crippen molar-refractivity contribution in [1.29, 1.82) is 0 Å². The SMILES string of the molecule is C=CC=CCCCCCCCCC(CCCCC)CC(=O)O. The van der Waals surface area contributed by atoms with Gasteiger partial charge in [-0.05, 0) is 31.6 Å². The highest BCUT2D eigenvalue weighted by Gasteiger charge is 2.12. The second kappa shape index (κ2) is 16.3. The fourth-order valence-corrected chi connectivity index (χ4v) is 2.87. The molecule has 22 heavy (non-hydrogen) atoms. The molecule has 0 rings (SSSR count). The molecule has 0 saturated carbocycles. The second-order valence-corrected chi connectivity index (χ2v) is 6.32. The van der Waals surface area contributed by atoms with Gasteiger partial charge < -0.3 is 5.11 Å². The maximum absolute atomic E-state index is 10.9. The molecule has 0 aromatic heterocycles. The standard InChI is InChI=1S/C20H36O2/c1-3-5-7-8-9-10-11-12-13-15-17-19(18-20(21)22)16-14-6-4-2/h3,5,7,19H,1,4,6,8-18H2,2H3,(H,21,22). The Morgan fingerprint density at radius 3 is 2.18 bits per heavy atom. The summed E-state index contributed by atoms with van der Waals surface area (Å²) in [5.41, 5.74) is 0. The molecule has 0 aromatic rings. The highest BCUT2D eigenvalue weighted by atomic mass is 16.4. The minimum Gasteiger partial charge on any atom is -0.481 e. The molecule has 0 saturated heterocycles. The van der Waals surface area contributed by atoms with Crippen molar-refractivity contribution >= 4 is 5.97 Å². The van der Waals surface area contributed by atoms with Crippen LogP contribution in [0, 0.1) is 5.92 Å². The molecule has 1 N–H and O–H groups in total. The Morgan fingerprint density at radius 1 is 1.00 bits per heavy atom. The van der Waals surface area contributed by atoms with E-state index in [-0.39, 0.29) is 0 Å². The van der Waals surface area contributed by atoms with Crippen molar-refractivity contribution in [2.24, 2.45) is 5.92 Å². The lowest BCUT2D eigenvalue weighted by atomic mass is 9.92. The van der Waals surface area contributed by atoms with Crippen LogP contribution in [0.1, 0.15) is 90.4 Å². The lowest BCUT2D eigenvalue weighted by Crippen LogP contribution is -2.08. The van der Waals surface area contributed by atoms with E-state index in [2.05, 4.69) is 19.6 Å². The maximum Gasteiger partial charge on any atom is 0.303 e. The number of rotatable bonds is 16. The van der Waals surface area contributed by atoms with Crippen molar-refractivity contribution < 1.29 is 9.90 Å². The predicted octanol–water partition coefficient (Wildman–Crippen LogP) is 6.52. The van der Waals surface area contributed by atoms with Crippen molar-refractivity contribution in [2.45, 2.75) is 90.4 Å². The molecular weight excluding hydrogens is 272 g/mol. The van der Waals surface area contributed by atoms with Crippen molar-refractivity contribution in [3.05, 3.63) is 24.8 Å². The molecule has 0 aliphatic rings. The summed E-state index contributed by atoms with van der Waals surface area (Å²) in [6, 6.07) is 0. The maximum atomic E-state index is 10.9. The summed E-state index contributed by atoms with van der Waals surface area (Å²) >= 11 is 0. The first kappa shape index (κ1) is 20.9. The third-order valence-electron chi connectivity index (χ3n) is 4.18. The number of unbranched alkanes of at least 4 members (excludes halogenated alkanes) is 8. The van der Waals surface area contributed by atoms with Crippen LogP contribution in [0.25, 0.3) is 0 Å². The predicted molar refractivity (Wildman–Crippen MR) is 96.2 cm³/mol. The third kappa shape index (κ3) is 15.3. The van der Waals surface area contributed by atoms with Gasteiger partial charge >= 0.3 is 5.97 Å². The fourth-order valence-electron chi connectivity index (χ4n) is 2.87. The van der Waals surface area contributed by atoms with Crippen molar-refractivity contribution in [2.75, 3.05) is 0 Å². The quantitative estimate of drug-likeness (QED) is 0.260. The number of hydrogen-bond acceptors (Lipinski definition) is 1. The number of carboxylic acids is 1. The number of carbonyl (C=O) groups is 1. The lowest BCUT2D eigenvalue weighted by molar-refractivity contribution is -0.138. The van der Waals surface area contributed by atoms with Crippen LogP contribution in [0.2, 0.25) is 0 Å². The molecule has 0 amide bonds. The van der Waals surface area contributed by atoms with Gasteiger partial charge in [0.05, 0.1) is 0 Å². The van der Waals surface area contributed by atoms with E-state index in [4.69, 9.17) is 5.11 Å². The van der Waals surface area contributed by atoms with Crippen LogP contribution in [-0.2, 0) is 4.79 Å². The monoisotopic (exact) mass is 308 g/mol. The van der Waals surface area contributed by atoms with Gasteiger partial charge in [-0.1, -0.05) is 83.1 Å². The average molecular weight is 309 g/mol. The Hall–Kier alpha value is -1.05. The first-order valence-electron chi connectivity index (χ1n) is 9.20. The van der Waals surface area contributed by atoms with Crippen LogP contribution < -0.4 is 0 Å². The van der Waals surface area contributed by atoms with Crippen LogP contribution in [0.3, 0.4) is 0 Å². The van der Waals surface area contributed by atoms with Gasteiger partial charge in [-0.2, -0.15) is 0 Å². The van der Waals surface area contributed by atoms with E-state index >= 15 is 0 Å². The smallest absolute Gasteiger partial charge is 0.303 e. The normalized spacial score (nSPS) is 12.6. The summed E-state index contributed by atoms with van der Waals surface area (Å²) in [5.74, 6) is -0.234. The van der Waals surface area contributed by atoms with Crippen LogP contribution >= 0.6 is 0 Å². The minimum atomic E-state index is -0.630. The van der Waals surface area contributed by atoms with Gasteiger partial charge in [0, 0.05) is 6.42 Å². The molecule has 0 bridgehead atoms. The van der Waals surface area contributed by atoms with E-state index in [0.717, 1.165) is 19.3 Å². The van der Waals surface area contributed by atoms with Gasteiger partial charge in [0.1, 0.15) is 0 Å². The van der Waals surface area contributed by atoms with E-state index in [0.29, 0.717) is 12.3 Å². The molecular formula is C20H36O2. The molecule has 0 spiro atoms. The first-order chi connectivity index (χ1) is 10.7. The molecule has 1 unspecified atom stereocenters. The fraction of sp³-hybridized carbons (Fsp3) is 0.750. The molecule has 1 atom stereocenters. The molecule has 0 aliphatic carbocycles. The van der Waals surface area contributed by atoms with E-state index in [1.165, 1.54) is 57.8 Å². The van der Waals surface area contributed by atoms with Gasteiger partial charge in [0.15, 0.2) is 0 Å². The average Bonchev–Trinajstić information content (AvgIpc) is 2.48. The summed E-state index contributed by atoms with van der Waals surface area (Å²) in [4.78, 5) is 10.9. The van der Waals surface area contributed by atoms with Crippen molar-refractivity contribution in [3.8, 4) is 0 Å². The summed E-state index contributed by atoms with van der Waals surface area (Å²) in [5, 5.41) is 8.99. The number of hydrogen-bond donors (Lipinski definition) is 1. The zero-order valence-electron chi connectivity index (χ0n) is 14.6. The van der Waals surface area contributed by atoms with Crippen LogP contribution in [0.4, 0.5) is 0 Å². The van der Waals surface area contributed by atoms with Crippen molar-refractivity contribution in [3.63, 3.8) is 0 Å². The van der Waals surface area contributed by atoms with Crippen LogP contribution in [0.15, 0.2) is 24.8 Å². The molecule has 2 heteroatoms. The van der Waals surface area contributed by atoms with Gasteiger partial charge in [0.25, 0.3) is 0 Å². The Bertz CT molecular complexity index is 294. The van der Waals surface area contributed by atoms with Crippen LogP contribution in [0.5, 0.6) is 0 Å². The Morgan fingerprint density at radius 2 is 1.59 bits per heavy atom. The van der Waals surface area contributed by atoms with E-state index in [1.807, 2.05) is 12.2 Å². The lowest BCUT2D eigenvalue weighted by Gasteiger charge is -2.14. The second-order valence-electron chi connectivity index (χ2n) is 6.32. The number of allylic oxidation sites excluding steroid dienone is 3. The summed E-state index contributed by atoms with van der Waals surface area (Å²) in [6.07, 6.45) is 21.0. The zero-order valence-corrected chi connectivity index (χ0v) is 14.6. The Balaban J connectivity index is 3.55. The van der Waals surface area contributed by atoms with Gasteiger partial charge in [0.2, 0.25) is 0 Å². The molecule has 0 fully saturated rings. The minimum absolute atomic E-state index is 0.360. The van der Waals surface area contributed by atoms with E-state index in [9.17, 15) is 4.79 Å². The van der Waals surface area contributed by atoms with Gasteiger partial charge in [-0.15, -0.1) is 0 Å². The molecule has 0 heterocycles. The zero-order chi connectivity index (χ0) is 16.5. The number of carboxylic acid groups (broad SMARTS) is 1. The summed E-state index contributed by atoms with van der Waals surface area (Å²) in [6.45, 7) is 5.85. The first-order valence-corrected chi connectivity index (χ1v) is 9.20. The Labute approximate surface area is 137 Å². The highest BCUT2D eigenvalue weighted by molar-refractivity contribution is 5.66. The highest BCUT2D eigenvalue weighted by Crippen LogP contribution is 2.21. The van der Waals surface area contributed by atoms with E-state index < -0.39 is 5.97 Å². The van der Waals surface area contributed by atoms with E-state index in [1.54, 1.807) is 0 Å². The molecule has 128 valence electrons. The summed E-state index contributed by atoms with van der Waals surface area (Å²) in [7, 11) is 0. The molecule has 0 aromatic carbocycles. The number of aliphatic carboxylic acids is 1. The third-order valence-corrected chi connectivity index (χ3v) is 4.18. The molecule has 0 radical (unpaired) electrons. The van der Waals surface area contributed by atoms with Crippen LogP contribution in [-0.4, -0.2) is 11.1 Å². The topological polar surface area (TPSA) is 37.3 Å². The van der Waals surface area contributed by atoms with Gasteiger partial charge in [-0.25, -0.2) is 0 Å². The Kier molecular flexibility index (Phi) is 15.5. The summed E-state index contributed by atoms with van der Waals surface area (Å²) < 4.78 is 0. The largest absolute Gasteiger partial charge is 0.481 e. The molecule has 0 aliphatic heterocycles. The van der Waals surface area contributed by atoms with Gasteiger partial charge in [-0.3, -0.25) is 4.79 Å².